The third-order valence-corrected chi connectivity index (χ3v) is 2.40. The minimum absolute atomic E-state index is 0.269. The first-order valence-electron chi connectivity index (χ1n) is 5.20. The molecule has 94 valence electrons. The van der Waals surface area contributed by atoms with Gasteiger partial charge in [0.2, 0.25) is 0 Å². The Kier molecular flexibility index (Phi) is 3.28. The van der Waals surface area contributed by atoms with Gasteiger partial charge in [0, 0.05) is 18.0 Å². The van der Waals surface area contributed by atoms with E-state index >= 15 is 0 Å². The van der Waals surface area contributed by atoms with Crippen molar-refractivity contribution >= 4 is 5.97 Å². The molecule has 8 heteroatoms. The predicted molar refractivity (Wildman–Crippen MR) is 59.4 cm³/mol. The molecule has 0 spiro atoms. The number of aromatic nitrogens is 5. The summed E-state index contributed by atoms with van der Waals surface area (Å²) in [7, 11) is 0. The highest BCUT2D eigenvalue weighted by molar-refractivity contribution is 5.73. The summed E-state index contributed by atoms with van der Waals surface area (Å²) in [6, 6.07) is 2.08. The molecule has 0 bridgehead atoms. The summed E-state index contributed by atoms with van der Waals surface area (Å²) in [6.07, 6.45) is 1.98. The van der Waals surface area contributed by atoms with Crippen LogP contribution in [0.3, 0.4) is 0 Å². The van der Waals surface area contributed by atoms with Crippen LogP contribution < -0.4 is 0 Å². The molecule has 0 aromatic carbocycles. The second-order valence-corrected chi connectivity index (χ2v) is 3.71. The molecule has 0 amide bonds. The van der Waals surface area contributed by atoms with E-state index in [9.17, 15) is 9.90 Å². The molecule has 2 rings (SSSR count). The van der Waals surface area contributed by atoms with Gasteiger partial charge in [0.15, 0.2) is 11.9 Å². The van der Waals surface area contributed by atoms with Crippen LogP contribution in [0.1, 0.15) is 13.0 Å². The average Bonchev–Trinajstić information content (AvgIpc) is 2.78. The van der Waals surface area contributed by atoms with E-state index in [0.29, 0.717) is 5.56 Å². The molecule has 0 fully saturated rings. The Bertz CT molecular complexity index is 539. The van der Waals surface area contributed by atoms with E-state index in [1.54, 1.807) is 24.5 Å². The highest BCUT2D eigenvalue weighted by Gasteiger charge is 2.29. The Morgan fingerprint density at radius 1 is 1.39 bits per heavy atom. The summed E-state index contributed by atoms with van der Waals surface area (Å²) in [5.41, 5.74) is 0.627. The zero-order valence-electron chi connectivity index (χ0n) is 9.50. The molecule has 0 saturated heterocycles. The van der Waals surface area contributed by atoms with Gasteiger partial charge >= 0.3 is 5.97 Å². The lowest BCUT2D eigenvalue weighted by Crippen LogP contribution is -2.30. The van der Waals surface area contributed by atoms with Gasteiger partial charge in [-0.1, -0.05) is 0 Å². The summed E-state index contributed by atoms with van der Waals surface area (Å²) in [4.78, 5) is 15.0. The van der Waals surface area contributed by atoms with Gasteiger partial charge in [-0.3, -0.25) is 4.98 Å². The lowest BCUT2D eigenvalue weighted by molar-refractivity contribution is -0.144. The van der Waals surface area contributed by atoms with Crippen molar-refractivity contribution in [2.24, 2.45) is 0 Å². The second kappa shape index (κ2) is 4.88. The van der Waals surface area contributed by atoms with Crippen LogP contribution in [0.25, 0.3) is 11.4 Å². The van der Waals surface area contributed by atoms with Crippen LogP contribution in [0.5, 0.6) is 0 Å². The molecular formula is C10H11N5O3. The number of hydrogen-bond acceptors (Lipinski definition) is 6. The maximum Gasteiger partial charge on any atom is 0.331 e. The average molecular weight is 249 g/mol. The third kappa shape index (κ3) is 2.18. The van der Waals surface area contributed by atoms with Crippen molar-refractivity contribution in [3.05, 3.63) is 24.5 Å². The molecule has 18 heavy (non-hydrogen) atoms. The van der Waals surface area contributed by atoms with Crippen molar-refractivity contribution in [1.82, 2.24) is 25.2 Å². The standard InChI is InChI=1S/C10H11N5O3/c1-6(16)8(10(17)18)15-9(12-13-14-15)7-2-4-11-5-3-7/h2-6,8,16H,1H3,(H,17,18). The summed E-state index contributed by atoms with van der Waals surface area (Å²) in [5, 5.41) is 29.5. The smallest absolute Gasteiger partial charge is 0.331 e. The van der Waals surface area contributed by atoms with Crippen molar-refractivity contribution in [1.29, 1.82) is 0 Å². The molecule has 2 atom stereocenters. The number of hydrogen-bond donors (Lipinski definition) is 2. The normalized spacial score (nSPS) is 14.1. The van der Waals surface area contributed by atoms with E-state index < -0.39 is 18.1 Å². The number of pyridine rings is 1. The van der Waals surface area contributed by atoms with Crippen LogP contribution in [0.4, 0.5) is 0 Å². The molecule has 0 saturated carbocycles. The zero-order chi connectivity index (χ0) is 13.1. The first-order chi connectivity index (χ1) is 8.61. The van der Waals surface area contributed by atoms with Crippen LogP contribution in [-0.4, -0.2) is 47.5 Å². The molecule has 2 unspecified atom stereocenters. The van der Waals surface area contributed by atoms with Gasteiger partial charge in [-0.2, -0.15) is 0 Å². The quantitative estimate of drug-likeness (QED) is 0.767. The Morgan fingerprint density at radius 2 is 2.06 bits per heavy atom. The van der Waals surface area contributed by atoms with Gasteiger partial charge in [-0.05, 0) is 29.5 Å². The Balaban J connectivity index is 2.47. The number of carboxylic acid groups (broad SMARTS) is 1. The predicted octanol–water partition coefficient (Wildman–Crippen LogP) is -0.258. The van der Waals surface area contributed by atoms with Crippen LogP contribution >= 0.6 is 0 Å². The monoisotopic (exact) mass is 249 g/mol. The topological polar surface area (TPSA) is 114 Å². The number of tetrazole rings is 1. The summed E-state index contributed by atoms with van der Waals surface area (Å²) in [5.74, 6) is -0.932. The summed E-state index contributed by atoms with van der Waals surface area (Å²) < 4.78 is 1.09. The molecule has 0 aliphatic heterocycles. The van der Waals surface area contributed by atoms with Crippen molar-refractivity contribution in [3.63, 3.8) is 0 Å². The van der Waals surface area contributed by atoms with Crippen LogP contribution in [0.2, 0.25) is 0 Å². The largest absolute Gasteiger partial charge is 0.480 e. The number of aliphatic hydroxyl groups excluding tert-OH is 1. The van der Waals surface area contributed by atoms with Crippen LogP contribution in [0.15, 0.2) is 24.5 Å². The van der Waals surface area contributed by atoms with E-state index in [0.717, 1.165) is 4.68 Å². The van der Waals surface area contributed by atoms with Crippen molar-refractivity contribution in [3.8, 4) is 11.4 Å². The minimum atomic E-state index is -1.23. The van der Waals surface area contributed by atoms with Gasteiger partial charge in [0.25, 0.3) is 0 Å². The maximum absolute atomic E-state index is 11.1. The highest BCUT2D eigenvalue weighted by Crippen LogP contribution is 2.20. The molecule has 0 radical (unpaired) electrons. The number of carboxylic acids is 1. The van der Waals surface area contributed by atoms with Crippen molar-refractivity contribution in [2.45, 2.75) is 19.1 Å². The SMILES string of the molecule is CC(O)C(C(=O)O)n1nnnc1-c1ccncc1. The fourth-order valence-electron chi connectivity index (χ4n) is 1.59. The van der Waals surface area contributed by atoms with E-state index in [-0.39, 0.29) is 5.82 Å². The number of nitrogens with zero attached hydrogens (tertiary/aromatic N) is 5. The second-order valence-electron chi connectivity index (χ2n) is 3.71. The number of rotatable bonds is 4. The van der Waals surface area contributed by atoms with E-state index in [1.807, 2.05) is 0 Å². The Morgan fingerprint density at radius 3 is 2.61 bits per heavy atom. The Labute approximate surface area is 102 Å². The third-order valence-electron chi connectivity index (χ3n) is 2.40. The van der Waals surface area contributed by atoms with Crippen LogP contribution in [-0.2, 0) is 4.79 Å². The van der Waals surface area contributed by atoms with Gasteiger partial charge in [-0.25, -0.2) is 9.48 Å². The molecule has 2 aromatic heterocycles. The lowest BCUT2D eigenvalue weighted by Gasteiger charge is -2.16. The molecule has 2 aromatic rings. The summed E-state index contributed by atoms with van der Waals surface area (Å²) >= 11 is 0. The van der Waals surface area contributed by atoms with E-state index in [2.05, 4.69) is 20.5 Å². The molecule has 2 heterocycles. The lowest BCUT2D eigenvalue weighted by atomic mass is 10.1. The molecular weight excluding hydrogens is 238 g/mol. The fourth-order valence-corrected chi connectivity index (χ4v) is 1.59. The van der Waals surface area contributed by atoms with Gasteiger partial charge in [0.1, 0.15) is 0 Å². The zero-order valence-corrected chi connectivity index (χ0v) is 9.50. The molecule has 0 aliphatic carbocycles. The maximum atomic E-state index is 11.1. The van der Waals surface area contributed by atoms with Crippen molar-refractivity contribution < 1.29 is 15.0 Å². The van der Waals surface area contributed by atoms with Crippen molar-refractivity contribution in [2.75, 3.05) is 0 Å². The minimum Gasteiger partial charge on any atom is -0.480 e. The molecule has 0 aliphatic rings. The molecule has 2 N–H and O–H groups in total. The summed E-state index contributed by atoms with van der Waals surface area (Å²) in [6.45, 7) is 1.37. The number of carbonyl (C=O) groups is 1. The van der Waals surface area contributed by atoms with Crippen LogP contribution in [0, 0.1) is 0 Å². The Hall–Kier alpha value is -2.35. The van der Waals surface area contributed by atoms with Gasteiger partial charge < -0.3 is 10.2 Å². The first-order valence-corrected chi connectivity index (χ1v) is 5.20. The highest BCUT2D eigenvalue weighted by atomic mass is 16.4. The number of aliphatic hydroxyl groups is 1. The number of aliphatic carboxylic acids is 1. The fraction of sp³-hybridized carbons (Fsp3) is 0.300. The molecule has 8 nitrogen and oxygen atoms in total. The van der Waals surface area contributed by atoms with E-state index in [1.165, 1.54) is 6.92 Å². The van der Waals surface area contributed by atoms with Gasteiger partial charge in [0.05, 0.1) is 6.10 Å². The van der Waals surface area contributed by atoms with Gasteiger partial charge in [-0.15, -0.1) is 5.10 Å². The first kappa shape index (κ1) is 12.1. The van der Waals surface area contributed by atoms with E-state index in [4.69, 9.17) is 5.11 Å².